The SMILES string of the molecule is C.C.CC(C)(/C=C/C=C/C(=O)N1CCOCC1)c1cccc(OCc2ccccc2)c1.CC(C)(CCCCC(=O)N1CCOCC1)c1cccc(O)c1.[HH]. The zero-order valence-corrected chi connectivity index (χ0v) is 30.9. The molecule has 2 heterocycles. The topological polar surface area (TPSA) is 88.5 Å². The average Bonchev–Trinajstić information content (AvgIpc) is 3.15. The Balaban J connectivity index is 0.000000529. The summed E-state index contributed by atoms with van der Waals surface area (Å²) in [5.41, 5.74) is 3.28. The molecule has 292 valence electrons. The van der Waals surface area contributed by atoms with Gasteiger partial charge in [-0.2, -0.15) is 0 Å². The van der Waals surface area contributed by atoms with Gasteiger partial charge in [-0.15, -0.1) is 0 Å². The molecule has 0 saturated carbocycles. The van der Waals surface area contributed by atoms with Crippen LogP contribution in [-0.4, -0.2) is 79.3 Å². The van der Waals surface area contributed by atoms with Gasteiger partial charge in [0.15, 0.2) is 0 Å². The van der Waals surface area contributed by atoms with E-state index in [9.17, 15) is 14.7 Å². The van der Waals surface area contributed by atoms with Gasteiger partial charge in [-0.25, -0.2) is 0 Å². The summed E-state index contributed by atoms with van der Waals surface area (Å²) in [6, 6.07) is 25.8. The van der Waals surface area contributed by atoms with Crippen LogP contribution in [0.2, 0.25) is 0 Å². The smallest absolute Gasteiger partial charge is 0.246 e. The molecule has 53 heavy (non-hydrogen) atoms. The van der Waals surface area contributed by atoms with E-state index in [0.717, 1.165) is 54.8 Å². The highest BCUT2D eigenvalue weighted by Gasteiger charge is 2.22. The second kappa shape index (κ2) is 22.6. The number of amides is 2. The van der Waals surface area contributed by atoms with Crippen molar-refractivity contribution in [2.24, 2.45) is 0 Å². The minimum atomic E-state index is -0.182. The van der Waals surface area contributed by atoms with Crippen LogP contribution in [0.5, 0.6) is 11.5 Å². The van der Waals surface area contributed by atoms with Gasteiger partial charge in [0.05, 0.1) is 26.4 Å². The molecule has 2 aliphatic heterocycles. The fourth-order valence-corrected chi connectivity index (χ4v) is 6.03. The number of aromatic hydroxyl groups is 1. The van der Waals surface area contributed by atoms with Gasteiger partial charge in [0.1, 0.15) is 18.1 Å². The maximum atomic E-state index is 12.2. The third kappa shape index (κ3) is 15.2. The number of benzene rings is 3. The van der Waals surface area contributed by atoms with Gasteiger partial charge >= 0.3 is 0 Å². The maximum Gasteiger partial charge on any atom is 0.246 e. The van der Waals surface area contributed by atoms with Crippen molar-refractivity contribution >= 4 is 11.8 Å². The summed E-state index contributed by atoms with van der Waals surface area (Å²) in [5.74, 6) is 1.45. The molecule has 2 amide bonds. The molecule has 3 aromatic carbocycles. The molecule has 0 unspecified atom stereocenters. The van der Waals surface area contributed by atoms with Crippen molar-refractivity contribution in [3.8, 4) is 11.5 Å². The number of ether oxygens (including phenoxy) is 3. The predicted molar refractivity (Wildman–Crippen MR) is 218 cm³/mol. The van der Waals surface area contributed by atoms with Crippen LogP contribution in [0.4, 0.5) is 0 Å². The zero-order valence-electron chi connectivity index (χ0n) is 30.9. The molecule has 0 atom stereocenters. The van der Waals surface area contributed by atoms with Gasteiger partial charge in [-0.1, -0.05) is 122 Å². The Labute approximate surface area is 320 Å². The molecule has 0 aliphatic carbocycles. The Morgan fingerprint density at radius 1 is 0.774 bits per heavy atom. The Bertz CT molecular complexity index is 1580. The predicted octanol–water partition coefficient (Wildman–Crippen LogP) is 9.12. The standard InChI is InChI=1S/C25H29NO3.C18H27NO3.2CH4.H2/c1-25(2,14-7-6-13-24(27)26-15-17-28-18-16-26)22-11-8-12-23(19-22)29-20-21-9-4-3-5-10-21;1-18(2,15-6-5-7-16(20)14-15)9-4-3-8-17(21)19-10-12-22-13-11-19;;;/h3-14,19H,15-18,20H2,1-2H3;5-7,14,20H,3-4,8-13H2,1-2H3;2*1H4;1H/b13-6+,14-7+;;;;. The average molecular weight is 731 g/mol. The van der Waals surface area contributed by atoms with E-state index in [2.05, 4.69) is 64.1 Å². The van der Waals surface area contributed by atoms with E-state index < -0.39 is 0 Å². The van der Waals surface area contributed by atoms with Crippen LogP contribution in [-0.2, 0) is 36.5 Å². The second-order valence-corrected chi connectivity index (χ2v) is 14.3. The van der Waals surface area contributed by atoms with Crippen LogP contribution < -0.4 is 4.74 Å². The molecule has 2 saturated heterocycles. The summed E-state index contributed by atoms with van der Waals surface area (Å²) < 4.78 is 16.5. The number of nitrogens with zero attached hydrogens (tertiary/aromatic N) is 2. The highest BCUT2D eigenvalue weighted by Crippen LogP contribution is 2.31. The number of unbranched alkanes of at least 4 members (excludes halogenated alkanes) is 1. The molecule has 8 nitrogen and oxygen atoms in total. The fraction of sp³-hybridized carbons (Fsp3) is 0.467. The lowest BCUT2D eigenvalue weighted by molar-refractivity contribution is -0.135. The molecule has 5 rings (SSSR count). The van der Waals surface area contributed by atoms with E-state index in [1.54, 1.807) is 12.1 Å². The third-order valence-electron chi connectivity index (χ3n) is 9.45. The molecule has 0 radical (unpaired) electrons. The summed E-state index contributed by atoms with van der Waals surface area (Å²) in [6.45, 7) is 14.6. The summed E-state index contributed by atoms with van der Waals surface area (Å²) in [6.07, 6.45) is 11.0. The Kier molecular flexibility index (Phi) is 19.1. The highest BCUT2D eigenvalue weighted by molar-refractivity contribution is 5.87. The van der Waals surface area contributed by atoms with Crippen molar-refractivity contribution in [3.05, 3.63) is 120 Å². The molecule has 2 fully saturated rings. The van der Waals surface area contributed by atoms with Crippen LogP contribution in [0.15, 0.2) is 103 Å². The van der Waals surface area contributed by atoms with E-state index in [-0.39, 0.29) is 38.9 Å². The monoisotopic (exact) mass is 730 g/mol. The fourth-order valence-electron chi connectivity index (χ4n) is 6.03. The largest absolute Gasteiger partial charge is 0.508 e. The maximum absolute atomic E-state index is 12.2. The number of morpholine rings is 2. The molecule has 0 spiro atoms. The zero-order chi connectivity index (χ0) is 36.5. The van der Waals surface area contributed by atoms with Crippen LogP contribution in [0.3, 0.4) is 0 Å². The highest BCUT2D eigenvalue weighted by atomic mass is 16.5. The number of phenolic OH excluding ortho intramolecular Hbond substituents is 1. The summed E-state index contributed by atoms with van der Waals surface area (Å²) in [4.78, 5) is 28.0. The third-order valence-corrected chi connectivity index (χ3v) is 9.45. The molecule has 3 aromatic rings. The van der Waals surface area contributed by atoms with E-state index in [0.29, 0.717) is 58.3 Å². The lowest BCUT2D eigenvalue weighted by Gasteiger charge is -2.27. The Morgan fingerprint density at radius 3 is 2.06 bits per heavy atom. The molecular weight excluding hydrogens is 665 g/mol. The van der Waals surface area contributed by atoms with E-state index in [1.807, 2.05) is 64.4 Å². The van der Waals surface area contributed by atoms with Crippen LogP contribution in [0, 0.1) is 0 Å². The first-order valence-electron chi connectivity index (χ1n) is 18.2. The van der Waals surface area contributed by atoms with Crippen molar-refractivity contribution in [1.29, 1.82) is 0 Å². The van der Waals surface area contributed by atoms with E-state index in [1.165, 1.54) is 0 Å². The van der Waals surface area contributed by atoms with Crippen LogP contribution in [0.25, 0.3) is 0 Å². The van der Waals surface area contributed by atoms with Crippen molar-refractivity contribution in [1.82, 2.24) is 9.80 Å². The minimum Gasteiger partial charge on any atom is -0.508 e. The van der Waals surface area contributed by atoms with Crippen LogP contribution >= 0.6 is 0 Å². The Morgan fingerprint density at radius 2 is 1.40 bits per heavy atom. The van der Waals surface area contributed by atoms with Gasteiger partial charge in [0.25, 0.3) is 0 Å². The molecule has 0 bridgehead atoms. The van der Waals surface area contributed by atoms with Gasteiger partial charge < -0.3 is 29.1 Å². The van der Waals surface area contributed by atoms with Gasteiger partial charge in [0, 0.05) is 45.5 Å². The number of rotatable bonds is 13. The minimum absolute atomic E-state index is 0. The van der Waals surface area contributed by atoms with E-state index >= 15 is 0 Å². The number of hydrogen-bond acceptors (Lipinski definition) is 6. The number of carbonyl (C=O) groups is 2. The first-order chi connectivity index (χ1) is 24.5. The number of carbonyl (C=O) groups excluding carboxylic acids is 2. The first-order valence-corrected chi connectivity index (χ1v) is 18.2. The van der Waals surface area contributed by atoms with Crippen LogP contribution in [0.1, 0.15) is 86.3 Å². The molecule has 0 aromatic heterocycles. The number of hydrogen-bond donors (Lipinski definition) is 1. The van der Waals surface area contributed by atoms with Gasteiger partial charge in [0.2, 0.25) is 11.8 Å². The normalized spacial score (nSPS) is 14.9. The lowest BCUT2D eigenvalue weighted by atomic mass is 9.80. The first kappa shape index (κ1) is 44.8. The summed E-state index contributed by atoms with van der Waals surface area (Å²) >= 11 is 0. The lowest BCUT2D eigenvalue weighted by Crippen LogP contribution is -2.40. The number of allylic oxidation sites excluding steroid dienone is 3. The molecular formula is C45H66N2O6. The summed E-state index contributed by atoms with van der Waals surface area (Å²) in [7, 11) is 0. The molecule has 2 aliphatic rings. The van der Waals surface area contributed by atoms with Crippen molar-refractivity contribution in [2.75, 3.05) is 52.6 Å². The number of phenols is 1. The quantitative estimate of drug-likeness (QED) is 0.107. The Hall–Kier alpha value is -4.40. The molecule has 1 N–H and O–H groups in total. The van der Waals surface area contributed by atoms with Crippen molar-refractivity contribution in [3.63, 3.8) is 0 Å². The van der Waals surface area contributed by atoms with Gasteiger partial charge in [-0.3, -0.25) is 9.59 Å². The van der Waals surface area contributed by atoms with Crippen molar-refractivity contribution < 1.29 is 30.3 Å². The second-order valence-electron chi connectivity index (χ2n) is 14.3. The van der Waals surface area contributed by atoms with Gasteiger partial charge in [-0.05, 0) is 59.2 Å². The van der Waals surface area contributed by atoms with E-state index in [4.69, 9.17) is 14.2 Å². The summed E-state index contributed by atoms with van der Waals surface area (Å²) in [5, 5.41) is 9.60. The molecule has 8 heteroatoms. The van der Waals surface area contributed by atoms with Crippen molar-refractivity contribution in [2.45, 2.75) is 85.7 Å².